The van der Waals surface area contributed by atoms with E-state index in [1.54, 1.807) is 0 Å². The van der Waals surface area contributed by atoms with Gasteiger partial charge < -0.3 is 10.2 Å². The molecule has 0 heterocycles. The molecule has 13 heavy (non-hydrogen) atoms. The Bertz CT molecular complexity index is 111. The van der Waals surface area contributed by atoms with E-state index in [1.165, 1.54) is 13.0 Å². The first-order chi connectivity index (χ1) is 6.04. The summed E-state index contributed by atoms with van der Waals surface area (Å²) in [4.78, 5) is 2.23. The van der Waals surface area contributed by atoms with Crippen LogP contribution in [-0.2, 0) is 0 Å². The standard InChI is InChI=1S/C11H26N2/c1-10(2)11(3)9-12-7-6-8-13(4)5/h10-12H,6-9H2,1-5H3. The molecule has 0 bridgehead atoms. The fourth-order valence-corrected chi connectivity index (χ4v) is 1.09. The Morgan fingerprint density at radius 2 is 1.77 bits per heavy atom. The maximum Gasteiger partial charge on any atom is -0.00127 e. The molecule has 0 rings (SSSR count). The van der Waals surface area contributed by atoms with Gasteiger partial charge in [0.2, 0.25) is 0 Å². The quantitative estimate of drug-likeness (QED) is 0.610. The Kier molecular flexibility index (Phi) is 7.29. The van der Waals surface area contributed by atoms with Crippen molar-refractivity contribution in [2.75, 3.05) is 33.7 Å². The zero-order chi connectivity index (χ0) is 10.3. The van der Waals surface area contributed by atoms with E-state index >= 15 is 0 Å². The van der Waals surface area contributed by atoms with E-state index in [9.17, 15) is 0 Å². The van der Waals surface area contributed by atoms with Gasteiger partial charge in [-0.1, -0.05) is 20.8 Å². The highest BCUT2D eigenvalue weighted by atomic mass is 15.0. The van der Waals surface area contributed by atoms with E-state index < -0.39 is 0 Å². The Morgan fingerprint density at radius 3 is 2.23 bits per heavy atom. The predicted octanol–water partition coefficient (Wildman–Crippen LogP) is 1.82. The number of hydrogen-bond acceptors (Lipinski definition) is 2. The summed E-state index contributed by atoms with van der Waals surface area (Å²) in [5.74, 6) is 1.58. The molecule has 2 nitrogen and oxygen atoms in total. The molecule has 0 aliphatic heterocycles. The van der Waals surface area contributed by atoms with Crippen molar-refractivity contribution in [3.63, 3.8) is 0 Å². The first-order valence-electron chi connectivity index (χ1n) is 5.39. The molecule has 0 saturated heterocycles. The average Bonchev–Trinajstić information content (AvgIpc) is 2.02. The highest BCUT2D eigenvalue weighted by Gasteiger charge is 2.05. The van der Waals surface area contributed by atoms with Gasteiger partial charge in [0, 0.05) is 0 Å². The largest absolute Gasteiger partial charge is 0.316 e. The van der Waals surface area contributed by atoms with Gasteiger partial charge in [-0.3, -0.25) is 0 Å². The number of nitrogens with one attached hydrogen (secondary N) is 1. The molecule has 80 valence electrons. The van der Waals surface area contributed by atoms with Crippen LogP contribution in [0.4, 0.5) is 0 Å². The first-order valence-corrected chi connectivity index (χ1v) is 5.39. The minimum Gasteiger partial charge on any atom is -0.316 e. The van der Waals surface area contributed by atoms with Gasteiger partial charge >= 0.3 is 0 Å². The van der Waals surface area contributed by atoms with Gasteiger partial charge in [-0.25, -0.2) is 0 Å². The second-order valence-electron chi connectivity index (χ2n) is 4.58. The number of hydrogen-bond donors (Lipinski definition) is 1. The zero-order valence-corrected chi connectivity index (χ0v) is 9.93. The SMILES string of the molecule is CC(C)C(C)CNCCCN(C)C. The van der Waals surface area contributed by atoms with Gasteiger partial charge in [0.15, 0.2) is 0 Å². The van der Waals surface area contributed by atoms with Gasteiger partial charge in [0.1, 0.15) is 0 Å². The van der Waals surface area contributed by atoms with Crippen LogP contribution in [0.1, 0.15) is 27.2 Å². The predicted molar refractivity (Wildman–Crippen MR) is 60.0 cm³/mol. The summed E-state index contributed by atoms with van der Waals surface area (Å²) in [5.41, 5.74) is 0. The smallest absolute Gasteiger partial charge is 0.00127 e. The third kappa shape index (κ3) is 8.26. The molecular weight excluding hydrogens is 160 g/mol. The molecule has 0 aliphatic rings. The first kappa shape index (κ1) is 12.9. The van der Waals surface area contributed by atoms with Gasteiger partial charge in [-0.2, -0.15) is 0 Å². The molecule has 1 N–H and O–H groups in total. The van der Waals surface area contributed by atoms with Gasteiger partial charge in [-0.05, 0) is 52.0 Å². The summed E-state index contributed by atoms with van der Waals surface area (Å²) >= 11 is 0. The summed E-state index contributed by atoms with van der Waals surface area (Å²) in [5, 5.41) is 3.50. The normalized spacial score (nSPS) is 14.1. The second kappa shape index (κ2) is 7.34. The molecule has 0 aliphatic carbocycles. The van der Waals surface area contributed by atoms with E-state index in [2.05, 4.69) is 45.1 Å². The number of nitrogens with zero attached hydrogens (tertiary/aromatic N) is 1. The fourth-order valence-electron chi connectivity index (χ4n) is 1.09. The Labute approximate surface area is 83.7 Å². The van der Waals surface area contributed by atoms with Crippen molar-refractivity contribution in [2.24, 2.45) is 11.8 Å². The van der Waals surface area contributed by atoms with Crippen LogP contribution in [-0.4, -0.2) is 38.6 Å². The van der Waals surface area contributed by atoms with Crippen molar-refractivity contribution >= 4 is 0 Å². The Hall–Kier alpha value is -0.0800. The van der Waals surface area contributed by atoms with Crippen molar-refractivity contribution in [3.8, 4) is 0 Å². The summed E-state index contributed by atoms with van der Waals surface area (Å²) in [7, 11) is 4.24. The lowest BCUT2D eigenvalue weighted by Crippen LogP contribution is -2.27. The molecule has 0 aromatic heterocycles. The average molecular weight is 186 g/mol. The van der Waals surface area contributed by atoms with Crippen LogP contribution in [0.25, 0.3) is 0 Å². The zero-order valence-electron chi connectivity index (χ0n) is 9.93. The summed E-state index contributed by atoms with van der Waals surface area (Å²) in [6.45, 7) is 10.4. The monoisotopic (exact) mass is 186 g/mol. The Morgan fingerprint density at radius 1 is 1.15 bits per heavy atom. The van der Waals surface area contributed by atoms with Crippen LogP contribution in [0.5, 0.6) is 0 Å². The van der Waals surface area contributed by atoms with Crippen LogP contribution in [0.2, 0.25) is 0 Å². The van der Waals surface area contributed by atoms with Crippen LogP contribution >= 0.6 is 0 Å². The minimum atomic E-state index is 0.791. The van der Waals surface area contributed by atoms with Gasteiger partial charge in [0.05, 0.1) is 0 Å². The van der Waals surface area contributed by atoms with Crippen molar-refractivity contribution in [1.82, 2.24) is 10.2 Å². The Balaban J connectivity index is 3.16. The van der Waals surface area contributed by atoms with Crippen molar-refractivity contribution < 1.29 is 0 Å². The van der Waals surface area contributed by atoms with E-state index in [1.807, 2.05) is 0 Å². The van der Waals surface area contributed by atoms with Crippen LogP contribution < -0.4 is 5.32 Å². The van der Waals surface area contributed by atoms with Crippen molar-refractivity contribution in [3.05, 3.63) is 0 Å². The molecule has 0 fully saturated rings. The summed E-state index contributed by atoms with van der Waals surface area (Å²) in [6, 6.07) is 0. The highest BCUT2D eigenvalue weighted by Crippen LogP contribution is 2.07. The molecule has 0 saturated carbocycles. The third-order valence-electron chi connectivity index (χ3n) is 2.56. The van der Waals surface area contributed by atoms with E-state index in [-0.39, 0.29) is 0 Å². The molecule has 0 aromatic rings. The summed E-state index contributed by atoms with van der Waals surface area (Å²) < 4.78 is 0. The van der Waals surface area contributed by atoms with Gasteiger partial charge in [-0.15, -0.1) is 0 Å². The van der Waals surface area contributed by atoms with E-state index in [0.29, 0.717) is 0 Å². The molecule has 0 radical (unpaired) electrons. The van der Waals surface area contributed by atoms with E-state index in [0.717, 1.165) is 24.9 Å². The summed E-state index contributed by atoms with van der Waals surface area (Å²) in [6.07, 6.45) is 1.25. The van der Waals surface area contributed by atoms with Crippen molar-refractivity contribution in [1.29, 1.82) is 0 Å². The third-order valence-corrected chi connectivity index (χ3v) is 2.56. The molecule has 0 spiro atoms. The molecule has 0 amide bonds. The molecule has 1 atom stereocenters. The van der Waals surface area contributed by atoms with E-state index in [4.69, 9.17) is 0 Å². The minimum absolute atomic E-state index is 0.791. The second-order valence-corrected chi connectivity index (χ2v) is 4.58. The maximum absolute atomic E-state index is 3.50. The van der Waals surface area contributed by atoms with Crippen LogP contribution in [0.3, 0.4) is 0 Å². The lowest BCUT2D eigenvalue weighted by atomic mass is 9.98. The van der Waals surface area contributed by atoms with Crippen LogP contribution in [0, 0.1) is 11.8 Å². The number of rotatable bonds is 7. The molecule has 2 heteroatoms. The topological polar surface area (TPSA) is 15.3 Å². The lowest BCUT2D eigenvalue weighted by Gasteiger charge is -2.16. The maximum atomic E-state index is 3.50. The fraction of sp³-hybridized carbons (Fsp3) is 1.00. The highest BCUT2D eigenvalue weighted by molar-refractivity contribution is 4.60. The molecular formula is C11H26N2. The van der Waals surface area contributed by atoms with Crippen molar-refractivity contribution in [2.45, 2.75) is 27.2 Å². The lowest BCUT2D eigenvalue weighted by molar-refractivity contribution is 0.368. The molecule has 0 aromatic carbocycles. The van der Waals surface area contributed by atoms with Gasteiger partial charge in [0.25, 0.3) is 0 Å². The molecule has 1 unspecified atom stereocenters. The van der Waals surface area contributed by atoms with Crippen LogP contribution in [0.15, 0.2) is 0 Å².